The number of piperazine rings is 1. The number of anilines is 2. The van der Waals surface area contributed by atoms with Crippen molar-refractivity contribution in [2.45, 2.75) is 85.7 Å². The molecule has 0 spiro atoms. The summed E-state index contributed by atoms with van der Waals surface area (Å²) in [6.45, 7) is 21.2. The third-order valence-corrected chi connectivity index (χ3v) is 7.82. The van der Waals surface area contributed by atoms with Gasteiger partial charge in [0.15, 0.2) is 0 Å². The van der Waals surface area contributed by atoms with Crippen LogP contribution in [0.4, 0.5) is 11.5 Å². The molecule has 0 aromatic carbocycles. The van der Waals surface area contributed by atoms with Crippen molar-refractivity contribution in [3.63, 3.8) is 0 Å². The van der Waals surface area contributed by atoms with E-state index in [2.05, 4.69) is 86.3 Å². The Hall–Kier alpha value is -1.86. The zero-order chi connectivity index (χ0) is 25.8. The smallest absolute Gasteiger partial charge is 0.234 e. The van der Waals surface area contributed by atoms with Gasteiger partial charge in [0.1, 0.15) is 5.82 Å². The van der Waals surface area contributed by atoms with Gasteiger partial charge >= 0.3 is 0 Å². The van der Waals surface area contributed by atoms with Crippen LogP contribution in [0, 0.1) is 10.8 Å². The van der Waals surface area contributed by atoms with Gasteiger partial charge in [-0.15, -0.1) is 0 Å². The summed E-state index contributed by atoms with van der Waals surface area (Å²) in [7, 11) is 1.93. The number of carbonyl (C=O) groups excluding carboxylic acids is 1. The van der Waals surface area contributed by atoms with Crippen LogP contribution in [0.1, 0.15) is 79.3 Å². The Morgan fingerprint density at radius 2 is 1.86 bits per heavy atom. The monoisotopic (exact) mass is 486 g/mol. The third kappa shape index (κ3) is 7.81. The van der Waals surface area contributed by atoms with Crippen LogP contribution >= 0.6 is 0 Å². The molecule has 7 nitrogen and oxygen atoms in total. The summed E-state index contributed by atoms with van der Waals surface area (Å²) in [5, 5.41) is 10.2. The molecule has 3 N–H and O–H groups in total. The molecule has 0 radical (unpaired) electrons. The Labute approximate surface area is 213 Å². The number of aromatic nitrogens is 1. The Bertz CT molecular complexity index is 838. The van der Waals surface area contributed by atoms with E-state index in [0.29, 0.717) is 18.5 Å². The second-order valence-electron chi connectivity index (χ2n) is 12.8. The Morgan fingerprint density at radius 3 is 2.46 bits per heavy atom. The van der Waals surface area contributed by atoms with E-state index >= 15 is 0 Å². The first-order valence-electron chi connectivity index (χ1n) is 13.6. The number of hydrogen-bond donors (Lipinski definition) is 3. The fourth-order valence-electron chi connectivity index (χ4n) is 5.24. The summed E-state index contributed by atoms with van der Waals surface area (Å²) >= 11 is 0. The molecule has 35 heavy (non-hydrogen) atoms. The summed E-state index contributed by atoms with van der Waals surface area (Å²) < 4.78 is 0. The molecule has 2 unspecified atom stereocenters. The van der Waals surface area contributed by atoms with Gasteiger partial charge in [0.25, 0.3) is 0 Å². The summed E-state index contributed by atoms with van der Waals surface area (Å²) in [4.78, 5) is 22.8. The van der Waals surface area contributed by atoms with Gasteiger partial charge in [-0.3, -0.25) is 14.6 Å². The zero-order valence-corrected chi connectivity index (χ0v) is 23.5. The van der Waals surface area contributed by atoms with Gasteiger partial charge < -0.3 is 16.0 Å². The maximum absolute atomic E-state index is 13.0. The lowest BCUT2D eigenvalue weighted by Crippen LogP contribution is -2.54. The molecule has 1 aliphatic carbocycles. The lowest BCUT2D eigenvalue weighted by Gasteiger charge is -2.43. The van der Waals surface area contributed by atoms with Gasteiger partial charge in [0.2, 0.25) is 5.91 Å². The first-order chi connectivity index (χ1) is 16.4. The number of carbonyl (C=O) groups is 1. The van der Waals surface area contributed by atoms with E-state index in [0.717, 1.165) is 69.2 Å². The molecule has 1 saturated carbocycles. The molecule has 1 aliphatic heterocycles. The van der Waals surface area contributed by atoms with Crippen molar-refractivity contribution >= 4 is 17.4 Å². The minimum Gasteiger partial charge on any atom is -0.382 e. The molecule has 7 heteroatoms. The second-order valence-corrected chi connectivity index (χ2v) is 12.8. The third-order valence-electron chi connectivity index (χ3n) is 7.82. The molecule has 0 bridgehead atoms. The molecule has 2 atom stereocenters. The van der Waals surface area contributed by atoms with E-state index in [1.165, 1.54) is 0 Å². The molecular weight excluding hydrogens is 436 g/mol. The topological polar surface area (TPSA) is 72.5 Å². The normalized spacial score (nSPS) is 23.8. The van der Waals surface area contributed by atoms with E-state index in [-0.39, 0.29) is 22.8 Å². The second kappa shape index (κ2) is 11.5. The van der Waals surface area contributed by atoms with Crippen LogP contribution in [0.15, 0.2) is 12.1 Å². The number of nitrogens with one attached hydrogen (secondary N) is 3. The van der Waals surface area contributed by atoms with E-state index < -0.39 is 0 Å². The molecule has 1 aromatic rings. The number of amides is 1. The van der Waals surface area contributed by atoms with Crippen LogP contribution in [0.2, 0.25) is 0 Å². The van der Waals surface area contributed by atoms with Crippen LogP contribution in [0.3, 0.4) is 0 Å². The van der Waals surface area contributed by atoms with E-state index in [1.54, 1.807) is 0 Å². The molecule has 1 saturated heterocycles. The highest BCUT2D eigenvalue weighted by molar-refractivity contribution is 5.78. The summed E-state index contributed by atoms with van der Waals surface area (Å²) in [5.41, 5.74) is 2.45. The summed E-state index contributed by atoms with van der Waals surface area (Å²) in [5.74, 6) is 1.41. The minimum absolute atomic E-state index is 0.0859. The number of rotatable bonds is 8. The quantitative estimate of drug-likeness (QED) is 0.506. The first kappa shape index (κ1) is 27.7. The average Bonchev–Trinajstić information content (AvgIpc) is 2.78. The molecular formula is C28H50N6O. The van der Waals surface area contributed by atoms with Crippen molar-refractivity contribution in [3.8, 4) is 0 Å². The minimum atomic E-state index is 0.0859. The Morgan fingerprint density at radius 1 is 1.17 bits per heavy atom. The molecule has 1 amide bonds. The lowest BCUT2D eigenvalue weighted by molar-refractivity contribution is -0.124. The van der Waals surface area contributed by atoms with Crippen molar-refractivity contribution in [2.24, 2.45) is 10.8 Å². The largest absolute Gasteiger partial charge is 0.382 e. The first-order valence-corrected chi connectivity index (χ1v) is 13.6. The van der Waals surface area contributed by atoms with Gasteiger partial charge in [0, 0.05) is 63.5 Å². The average molecular weight is 487 g/mol. The van der Waals surface area contributed by atoms with Gasteiger partial charge in [-0.2, -0.15) is 0 Å². The van der Waals surface area contributed by atoms with Crippen LogP contribution in [-0.2, 0) is 4.79 Å². The number of hydrogen-bond acceptors (Lipinski definition) is 6. The van der Waals surface area contributed by atoms with Crippen molar-refractivity contribution in [2.75, 3.05) is 56.9 Å². The van der Waals surface area contributed by atoms with Crippen molar-refractivity contribution in [3.05, 3.63) is 17.8 Å². The van der Waals surface area contributed by atoms with Crippen LogP contribution in [0.25, 0.3) is 0 Å². The van der Waals surface area contributed by atoms with Crippen LogP contribution in [-0.4, -0.2) is 79.1 Å². The van der Waals surface area contributed by atoms with Crippen molar-refractivity contribution in [1.82, 2.24) is 20.1 Å². The van der Waals surface area contributed by atoms with Gasteiger partial charge in [-0.25, -0.2) is 4.98 Å². The molecule has 2 fully saturated rings. The van der Waals surface area contributed by atoms with E-state index in [1.807, 2.05) is 7.05 Å². The Balaban J connectivity index is 1.61. The summed E-state index contributed by atoms with van der Waals surface area (Å²) in [6.07, 6.45) is 3.11. The molecule has 1 aromatic heterocycles. The van der Waals surface area contributed by atoms with Crippen molar-refractivity contribution < 1.29 is 4.79 Å². The highest BCUT2D eigenvalue weighted by atomic mass is 16.2. The summed E-state index contributed by atoms with van der Waals surface area (Å²) in [6, 6.07) is 5.06. The number of pyridine rings is 1. The highest BCUT2D eigenvalue weighted by Gasteiger charge is 2.38. The fourth-order valence-corrected chi connectivity index (χ4v) is 5.24. The highest BCUT2D eigenvalue weighted by Crippen LogP contribution is 2.43. The molecule has 2 heterocycles. The molecule has 2 aliphatic rings. The predicted octanol–water partition coefficient (Wildman–Crippen LogP) is 4.39. The van der Waals surface area contributed by atoms with Crippen LogP contribution in [0.5, 0.6) is 0 Å². The Kier molecular flexibility index (Phi) is 9.08. The van der Waals surface area contributed by atoms with Gasteiger partial charge in [-0.1, -0.05) is 34.6 Å². The zero-order valence-electron chi connectivity index (χ0n) is 23.5. The predicted molar refractivity (Wildman–Crippen MR) is 147 cm³/mol. The molecule has 198 valence electrons. The van der Waals surface area contributed by atoms with Crippen LogP contribution < -0.4 is 16.0 Å². The standard InChI is InChI=1S/C28H50N6O/c1-20(2)34-15-13-33(14-16-34)18-25(35)32-24-17-21(11-12-28(24,6)7)22-9-10-23(26(29-8)31-22)30-19-27(3,4)5/h9-10,20-21,24,30H,11-19H2,1-8H3,(H,29,31)(H,32,35). The van der Waals surface area contributed by atoms with Gasteiger partial charge in [0.05, 0.1) is 12.2 Å². The molecule has 3 rings (SSSR count). The van der Waals surface area contributed by atoms with Crippen molar-refractivity contribution in [1.29, 1.82) is 0 Å². The number of nitrogens with zero attached hydrogens (tertiary/aromatic N) is 3. The SMILES string of the molecule is CNc1nc(C2CCC(C)(C)C(NC(=O)CN3CCN(C(C)C)CC3)C2)ccc1NCC(C)(C)C. The van der Waals surface area contributed by atoms with E-state index in [9.17, 15) is 4.79 Å². The fraction of sp³-hybridized carbons (Fsp3) is 0.786. The lowest BCUT2D eigenvalue weighted by atomic mass is 9.68. The van der Waals surface area contributed by atoms with E-state index in [4.69, 9.17) is 4.98 Å². The maximum atomic E-state index is 13.0. The maximum Gasteiger partial charge on any atom is 0.234 e. The van der Waals surface area contributed by atoms with Gasteiger partial charge in [-0.05, 0) is 56.1 Å².